The second kappa shape index (κ2) is 11.0. The fraction of sp³-hybridized carbons (Fsp3) is 0.261. The molecule has 0 aromatic carbocycles. The van der Waals surface area contributed by atoms with Gasteiger partial charge in [-0.1, -0.05) is 5.21 Å². The molecule has 4 rings (SSSR count). The van der Waals surface area contributed by atoms with Crippen molar-refractivity contribution in [1.82, 2.24) is 34.9 Å². The third-order valence-electron chi connectivity index (χ3n) is 5.23. The molecule has 12 nitrogen and oxygen atoms in total. The minimum Gasteiger partial charge on any atom is -0.353 e. The quantitative estimate of drug-likeness (QED) is 0.256. The van der Waals surface area contributed by atoms with Crippen LogP contribution < -0.4 is 15.5 Å². The summed E-state index contributed by atoms with van der Waals surface area (Å²) in [7, 11) is 5.29. The van der Waals surface area contributed by atoms with Crippen LogP contribution in [-0.4, -0.2) is 61.7 Å². The Kier molecular flexibility index (Phi) is 7.57. The SMILES string of the molecule is C[C@@H](OCNc1c(-c2ccc(NC(=O)c3cnc(N(C)C)nc3)cn2)nnn1C)c1cc(F)cnc1F. The highest BCUT2D eigenvalue weighted by atomic mass is 19.1. The number of carbonyl (C=O) groups is 1. The van der Waals surface area contributed by atoms with E-state index in [9.17, 15) is 13.6 Å². The molecule has 4 heterocycles. The lowest BCUT2D eigenvalue weighted by molar-refractivity contribution is 0.0764. The van der Waals surface area contributed by atoms with Crippen LogP contribution in [0.4, 0.5) is 26.2 Å². The summed E-state index contributed by atoms with van der Waals surface area (Å²) in [6.07, 6.45) is 4.42. The number of halogens is 2. The van der Waals surface area contributed by atoms with Crippen LogP contribution in [0.1, 0.15) is 28.9 Å². The Balaban J connectivity index is 1.39. The molecule has 0 spiro atoms. The Hall–Kier alpha value is -4.59. The topological polar surface area (TPSA) is 136 Å². The molecule has 2 N–H and O–H groups in total. The predicted octanol–water partition coefficient (Wildman–Crippen LogP) is 2.81. The zero-order valence-corrected chi connectivity index (χ0v) is 20.5. The maximum absolute atomic E-state index is 13.9. The summed E-state index contributed by atoms with van der Waals surface area (Å²) in [6.45, 7) is 1.54. The first-order valence-electron chi connectivity index (χ1n) is 11.1. The average molecular weight is 511 g/mol. The largest absolute Gasteiger partial charge is 0.353 e. The van der Waals surface area contributed by atoms with Crippen molar-refractivity contribution < 1.29 is 18.3 Å². The van der Waals surface area contributed by atoms with Crippen LogP contribution in [0.2, 0.25) is 0 Å². The fourth-order valence-corrected chi connectivity index (χ4v) is 3.26. The van der Waals surface area contributed by atoms with Gasteiger partial charge in [0.1, 0.15) is 12.5 Å². The molecule has 1 atom stereocenters. The molecule has 0 radical (unpaired) electrons. The summed E-state index contributed by atoms with van der Waals surface area (Å²) in [5.41, 5.74) is 1.69. The molecule has 0 aliphatic rings. The highest BCUT2D eigenvalue weighted by Gasteiger charge is 2.17. The smallest absolute Gasteiger partial charge is 0.258 e. The van der Waals surface area contributed by atoms with Gasteiger partial charge in [0.25, 0.3) is 5.91 Å². The maximum Gasteiger partial charge on any atom is 0.258 e. The number of hydrogen-bond donors (Lipinski definition) is 2. The Morgan fingerprint density at radius 1 is 1.11 bits per heavy atom. The Morgan fingerprint density at radius 3 is 2.54 bits per heavy atom. The normalized spacial score (nSPS) is 11.7. The number of carbonyl (C=O) groups excluding carboxylic acids is 1. The van der Waals surface area contributed by atoms with Crippen molar-refractivity contribution in [3.05, 3.63) is 65.9 Å². The first-order valence-corrected chi connectivity index (χ1v) is 11.1. The van der Waals surface area contributed by atoms with E-state index in [1.54, 1.807) is 45.1 Å². The van der Waals surface area contributed by atoms with E-state index in [2.05, 4.69) is 40.9 Å². The van der Waals surface area contributed by atoms with Gasteiger partial charge in [-0.05, 0) is 25.1 Å². The number of hydrogen-bond acceptors (Lipinski definition) is 10. The van der Waals surface area contributed by atoms with Crippen LogP contribution in [0.25, 0.3) is 11.4 Å². The number of anilines is 3. The van der Waals surface area contributed by atoms with E-state index in [1.165, 1.54) is 23.3 Å². The standard InChI is InChI=1S/C23H24F2N10O2/c1-13(17-7-15(24)10-27-20(17)25)37-12-30-21-19(32-33-35(21)4)18-6-5-16(11-26-18)31-22(36)14-8-28-23(29-9-14)34(2)3/h5-11,13,30H,12H2,1-4H3,(H,31,36)/t13-/m1/s1. The van der Waals surface area contributed by atoms with Crippen LogP contribution in [-0.2, 0) is 11.8 Å². The van der Waals surface area contributed by atoms with Crippen molar-refractivity contribution in [2.45, 2.75) is 13.0 Å². The summed E-state index contributed by atoms with van der Waals surface area (Å²) >= 11 is 0. The molecule has 0 aliphatic carbocycles. The van der Waals surface area contributed by atoms with Gasteiger partial charge in [-0.25, -0.2) is 24.0 Å². The molecule has 0 fully saturated rings. The van der Waals surface area contributed by atoms with Gasteiger partial charge in [0.2, 0.25) is 11.9 Å². The summed E-state index contributed by atoms with van der Waals surface area (Å²) in [5, 5.41) is 13.9. The lowest BCUT2D eigenvalue weighted by Gasteiger charge is -2.15. The third-order valence-corrected chi connectivity index (χ3v) is 5.23. The predicted molar refractivity (Wildman–Crippen MR) is 131 cm³/mol. The number of aromatic nitrogens is 7. The summed E-state index contributed by atoms with van der Waals surface area (Å²) in [5.74, 6) is -0.843. The van der Waals surface area contributed by atoms with Crippen LogP contribution in [0, 0.1) is 11.8 Å². The molecule has 14 heteroatoms. The van der Waals surface area contributed by atoms with Gasteiger partial charge in [0, 0.05) is 39.1 Å². The van der Waals surface area contributed by atoms with Crippen LogP contribution in [0.5, 0.6) is 0 Å². The molecule has 0 bridgehead atoms. The van der Waals surface area contributed by atoms with Crippen molar-refractivity contribution in [2.24, 2.45) is 7.05 Å². The van der Waals surface area contributed by atoms with E-state index in [1.807, 2.05) is 0 Å². The van der Waals surface area contributed by atoms with Gasteiger partial charge in [-0.2, -0.15) is 4.39 Å². The summed E-state index contributed by atoms with van der Waals surface area (Å²) in [6, 6.07) is 4.39. The Morgan fingerprint density at radius 2 is 1.86 bits per heavy atom. The average Bonchev–Trinajstić information content (AvgIpc) is 3.26. The Labute approximate surface area is 210 Å². The summed E-state index contributed by atoms with van der Waals surface area (Å²) < 4.78 is 34.4. The molecule has 4 aromatic rings. The minimum absolute atomic E-state index is 0.00432. The molecular formula is C23H24F2N10O2. The number of pyridine rings is 2. The van der Waals surface area contributed by atoms with Gasteiger partial charge < -0.3 is 20.3 Å². The van der Waals surface area contributed by atoms with Crippen molar-refractivity contribution in [3.8, 4) is 11.4 Å². The molecule has 1 amide bonds. The van der Waals surface area contributed by atoms with E-state index in [-0.39, 0.29) is 18.2 Å². The second-order valence-corrected chi connectivity index (χ2v) is 8.13. The van der Waals surface area contributed by atoms with E-state index >= 15 is 0 Å². The zero-order valence-electron chi connectivity index (χ0n) is 20.5. The van der Waals surface area contributed by atoms with E-state index < -0.39 is 17.9 Å². The van der Waals surface area contributed by atoms with Crippen LogP contribution >= 0.6 is 0 Å². The maximum atomic E-state index is 13.9. The van der Waals surface area contributed by atoms with E-state index in [0.717, 1.165) is 12.3 Å². The number of ether oxygens (including phenoxy) is 1. The van der Waals surface area contributed by atoms with E-state index in [0.29, 0.717) is 34.4 Å². The zero-order chi connectivity index (χ0) is 26.5. The number of rotatable bonds is 9. The van der Waals surface area contributed by atoms with Crippen LogP contribution in [0.15, 0.2) is 43.0 Å². The molecular weight excluding hydrogens is 486 g/mol. The van der Waals surface area contributed by atoms with Crippen molar-refractivity contribution in [3.63, 3.8) is 0 Å². The second-order valence-electron chi connectivity index (χ2n) is 8.13. The first kappa shape index (κ1) is 25.5. The van der Waals surface area contributed by atoms with Crippen molar-refractivity contribution in [1.29, 1.82) is 0 Å². The molecule has 192 valence electrons. The molecule has 4 aromatic heterocycles. The number of nitrogens with one attached hydrogen (secondary N) is 2. The van der Waals surface area contributed by atoms with Gasteiger partial charge in [-0.15, -0.1) is 5.10 Å². The molecule has 0 saturated heterocycles. The highest BCUT2D eigenvalue weighted by Crippen LogP contribution is 2.25. The first-order chi connectivity index (χ1) is 17.7. The van der Waals surface area contributed by atoms with Gasteiger partial charge in [0.05, 0.1) is 35.4 Å². The lowest BCUT2D eigenvalue weighted by atomic mass is 10.2. The molecule has 0 saturated carbocycles. The molecule has 37 heavy (non-hydrogen) atoms. The minimum atomic E-state index is -0.800. The molecule has 0 aliphatic heterocycles. The number of amides is 1. The van der Waals surface area contributed by atoms with Gasteiger partial charge >= 0.3 is 0 Å². The summed E-state index contributed by atoms with van der Waals surface area (Å²) in [4.78, 5) is 30.2. The van der Waals surface area contributed by atoms with Gasteiger partial charge in [0.15, 0.2) is 11.5 Å². The highest BCUT2D eigenvalue weighted by molar-refractivity contribution is 6.03. The third kappa shape index (κ3) is 5.98. The van der Waals surface area contributed by atoms with E-state index in [4.69, 9.17) is 4.74 Å². The van der Waals surface area contributed by atoms with Crippen molar-refractivity contribution >= 4 is 23.4 Å². The van der Waals surface area contributed by atoms with Gasteiger partial charge in [-0.3, -0.25) is 9.78 Å². The monoisotopic (exact) mass is 510 g/mol. The molecule has 0 unspecified atom stereocenters. The van der Waals surface area contributed by atoms with Crippen molar-refractivity contribution in [2.75, 3.05) is 36.4 Å². The number of nitrogens with zero attached hydrogens (tertiary/aromatic N) is 8. The Bertz CT molecular complexity index is 1380. The van der Waals surface area contributed by atoms with Crippen LogP contribution in [0.3, 0.4) is 0 Å². The lowest BCUT2D eigenvalue weighted by Crippen LogP contribution is -2.16. The fourth-order valence-electron chi connectivity index (χ4n) is 3.26. The number of aryl methyl sites for hydroxylation is 1.